The fourth-order valence-electron chi connectivity index (χ4n) is 2.08. The zero-order valence-electron chi connectivity index (χ0n) is 7.41. The second kappa shape index (κ2) is 2.71. The van der Waals surface area contributed by atoms with Crippen molar-refractivity contribution in [2.45, 2.75) is 0 Å². The maximum absolute atomic E-state index is 11.5. The third-order valence-electron chi connectivity index (χ3n) is 2.96. The summed E-state index contributed by atoms with van der Waals surface area (Å²) >= 11 is 0. The Kier molecular flexibility index (Phi) is 1.81. The molecule has 68 valence electrons. The van der Waals surface area contributed by atoms with Gasteiger partial charge in [-0.3, -0.25) is 9.63 Å². The van der Waals surface area contributed by atoms with Gasteiger partial charge in [-0.25, -0.2) is 5.06 Å². The van der Waals surface area contributed by atoms with Gasteiger partial charge in [0.2, 0.25) is 5.91 Å². The standard InChI is InChI=1S/C8H14N2O2/c1-10(12-2)8(11)7-5-3-9-4-6(5)7/h5-7,9H,3-4H2,1-2H3/t5-,6+,7-. The van der Waals surface area contributed by atoms with E-state index in [9.17, 15) is 4.79 Å². The van der Waals surface area contributed by atoms with Gasteiger partial charge in [0.05, 0.1) is 7.11 Å². The quantitative estimate of drug-likeness (QED) is 0.566. The van der Waals surface area contributed by atoms with E-state index in [1.54, 1.807) is 7.05 Å². The molecule has 1 N–H and O–H groups in total. The Bertz CT molecular complexity index is 197. The van der Waals surface area contributed by atoms with Gasteiger partial charge in [0.15, 0.2) is 0 Å². The summed E-state index contributed by atoms with van der Waals surface area (Å²) < 4.78 is 0. The monoisotopic (exact) mass is 170 g/mol. The van der Waals surface area contributed by atoms with Gasteiger partial charge in [-0.2, -0.15) is 0 Å². The number of fused-ring (bicyclic) bond motifs is 1. The highest BCUT2D eigenvalue weighted by Crippen LogP contribution is 2.49. The summed E-state index contributed by atoms with van der Waals surface area (Å²) in [6, 6.07) is 0. The number of hydrogen-bond donors (Lipinski definition) is 1. The smallest absolute Gasteiger partial charge is 0.249 e. The first-order valence-corrected chi connectivity index (χ1v) is 4.28. The van der Waals surface area contributed by atoms with E-state index in [0.29, 0.717) is 11.8 Å². The van der Waals surface area contributed by atoms with Crippen molar-refractivity contribution in [3.63, 3.8) is 0 Å². The summed E-state index contributed by atoms with van der Waals surface area (Å²) in [6.45, 7) is 2.00. The molecule has 0 aromatic carbocycles. The zero-order valence-corrected chi connectivity index (χ0v) is 7.41. The van der Waals surface area contributed by atoms with E-state index in [-0.39, 0.29) is 11.8 Å². The van der Waals surface area contributed by atoms with E-state index in [2.05, 4.69) is 5.32 Å². The third-order valence-corrected chi connectivity index (χ3v) is 2.96. The van der Waals surface area contributed by atoms with Gasteiger partial charge in [0, 0.05) is 13.0 Å². The first kappa shape index (κ1) is 8.01. The van der Waals surface area contributed by atoms with Crippen LogP contribution in [0.25, 0.3) is 0 Å². The Labute approximate surface area is 71.8 Å². The van der Waals surface area contributed by atoms with E-state index in [4.69, 9.17) is 4.84 Å². The minimum Gasteiger partial charge on any atom is -0.316 e. The molecular formula is C8H14N2O2. The minimum atomic E-state index is 0.133. The topological polar surface area (TPSA) is 41.6 Å². The molecular weight excluding hydrogens is 156 g/mol. The van der Waals surface area contributed by atoms with Crippen LogP contribution in [0.2, 0.25) is 0 Å². The first-order valence-electron chi connectivity index (χ1n) is 4.28. The normalized spacial score (nSPS) is 37.7. The lowest BCUT2D eigenvalue weighted by atomic mass is 10.2. The number of rotatable bonds is 2. The molecule has 2 aliphatic rings. The van der Waals surface area contributed by atoms with E-state index in [0.717, 1.165) is 13.1 Å². The number of hydrogen-bond acceptors (Lipinski definition) is 3. The number of carbonyl (C=O) groups is 1. The van der Waals surface area contributed by atoms with Crippen LogP contribution >= 0.6 is 0 Å². The minimum absolute atomic E-state index is 0.133. The molecule has 2 rings (SSSR count). The Morgan fingerprint density at radius 2 is 2.08 bits per heavy atom. The molecule has 2 fully saturated rings. The molecule has 0 aromatic heterocycles. The van der Waals surface area contributed by atoms with Crippen LogP contribution < -0.4 is 5.32 Å². The van der Waals surface area contributed by atoms with Gasteiger partial charge in [0.1, 0.15) is 0 Å². The summed E-state index contributed by atoms with van der Waals surface area (Å²) in [4.78, 5) is 16.4. The van der Waals surface area contributed by atoms with Crippen LogP contribution in [0.5, 0.6) is 0 Å². The lowest BCUT2D eigenvalue weighted by molar-refractivity contribution is -0.171. The molecule has 4 heteroatoms. The Morgan fingerprint density at radius 1 is 1.50 bits per heavy atom. The largest absolute Gasteiger partial charge is 0.316 e. The number of hydroxylamine groups is 2. The van der Waals surface area contributed by atoms with Crippen molar-refractivity contribution in [2.75, 3.05) is 27.2 Å². The number of carbonyl (C=O) groups excluding carboxylic acids is 1. The van der Waals surface area contributed by atoms with Crippen LogP contribution in [0, 0.1) is 17.8 Å². The molecule has 1 heterocycles. The van der Waals surface area contributed by atoms with Crippen molar-refractivity contribution < 1.29 is 9.63 Å². The van der Waals surface area contributed by atoms with Crippen LogP contribution in [-0.4, -0.2) is 38.2 Å². The van der Waals surface area contributed by atoms with Gasteiger partial charge in [-0.05, 0) is 24.9 Å². The molecule has 3 atom stereocenters. The molecule has 1 saturated heterocycles. The van der Waals surface area contributed by atoms with Gasteiger partial charge < -0.3 is 5.32 Å². The van der Waals surface area contributed by atoms with E-state index in [1.807, 2.05) is 0 Å². The van der Waals surface area contributed by atoms with Gasteiger partial charge in [-0.15, -0.1) is 0 Å². The summed E-state index contributed by atoms with van der Waals surface area (Å²) in [6.07, 6.45) is 0. The number of nitrogens with zero attached hydrogens (tertiary/aromatic N) is 1. The van der Waals surface area contributed by atoms with E-state index >= 15 is 0 Å². The molecule has 0 unspecified atom stereocenters. The molecule has 1 saturated carbocycles. The van der Waals surface area contributed by atoms with Crippen molar-refractivity contribution in [3.05, 3.63) is 0 Å². The number of piperidine rings is 1. The number of amides is 1. The van der Waals surface area contributed by atoms with Crippen molar-refractivity contribution >= 4 is 5.91 Å². The fraction of sp³-hybridized carbons (Fsp3) is 0.875. The molecule has 0 spiro atoms. The summed E-state index contributed by atoms with van der Waals surface area (Å²) in [5.74, 6) is 1.52. The van der Waals surface area contributed by atoms with Crippen LogP contribution in [0.15, 0.2) is 0 Å². The summed E-state index contributed by atoms with van der Waals surface area (Å²) in [5, 5.41) is 4.59. The number of nitrogens with one attached hydrogen (secondary N) is 1. The lowest BCUT2D eigenvalue weighted by Crippen LogP contribution is -2.30. The Morgan fingerprint density at radius 3 is 2.58 bits per heavy atom. The summed E-state index contributed by atoms with van der Waals surface area (Å²) in [7, 11) is 3.19. The molecule has 0 radical (unpaired) electrons. The molecule has 0 bridgehead atoms. The molecule has 4 nitrogen and oxygen atoms in total. The van der Waals surface area contributed by atoms with Crippen molar-refractivity contribution in [3.8, 4) is 0 Å². The zero-order chi connectivity index (χ0) is 8.72. The van der Waals surface area contributed by atoms with Crippen LogP contribution in [0.4, 0.5) is 0 Å². The predicted molar refractivity (Wildman–Crippen MR) is 43.1 cm³/mol. The summed E-state index contributed by atoms with van der Waals surface area (Å²) in [5.41, 5.74) is 0. The van der Waals surface area contributed by atoms with Gasteiger partial charge >= 0.3 is 0 Å². The van der Waals surface area contributed by atoms with Crippen LogP contribution in [0.3, 0.4) is 0 Å². The van der Waals surface area contributed by atoms with Crippen LogP contribution in [0.1, 0.15) is 0 Å². The molecule has 12 heavy (non-hydrogen) atoms. The molecule has 1 aliphatic carbocycles. The van der Waals surface area contributed by atoms with E-state index in [1.165, 1.54) is 12.2 Å². The van der Waals surface area contributed by atoms with Crippen molar-refractivity contribution in [1.29, 1.82) is 0 Å². The Hall–Kier alpha value is -0.610. The fourth-order valence-corrected chi connectivity index (χ4v) is 2.08. The molecule has 0 aromatic rings. The van der Waals surface area contributed by atoms with E-state index < -0.39 is 0 Å². The Balaban J connectivity index is 1.91. The maximum Gasteiger partial charge on any atom is 0.249 e. The second-order valence-electron chi connectivity index (χ2n) is 3.53. The SMILES string of the molecule is CON(C)C(=O)[C@@H]1[C@@H]2CNC[C@@H]21. The molecule has 1 amide bonds. The highest BCUT2D eigenvalue weighted by molar-refractivity contribution is 5.81. The van der Waals surface area contributed by atoms with Crippen LogP contribution in [-0.2, 0) is 9.63 Å². The average Bonchev–Trinajstić information content (AvgIpc) is 2.56. The van der Waals surface area contributed by atoms with Crippen molar-refractivity contribution in [1.82, 2.24) is 10.4 Å². The highest BCUT2D eigenvalue weighted by atomic mass is 16.7. The first-order chi connectivity index (χ1) is 5.75. The second-order valence-corrected chi connectivity index (χ2v) is 3.53. The predicted octanol–water partition coefficient (Wildman–Crippen LogP) is -0.528. The molecule has 1 aliphatic heterocycles. The lowest BCUT2D eigenvalue weighted by Gasteiger charge is -2.14. The highest BCUT2D eigenvalue weighted by Gasteiger charge is 2.57. The van der Waals surface area contributed by atoms with Gasteiger partial charge in [-0.1, -0.05) is 0 Å². The maximum atomic E-state index is 11.5. The average molecular weight is 170 g/mol. The van der Waals surface area contributed by atoms with Crippen molar-refractivity contribution in [2.24, 2.45) is 17.8 Å². The van der Waals surface area contributed by atoms with Gasteiger partial charge in [0.25, 0.3) is 0 Å². The third kappa shape index (κ3) is 1.03.